The molecule has 0 saturated heterocycles. The van der Waals surface area contributed by atoms with Crippen LogP contribution >= 0.6 is 0 Å². The average Bonchev–Trinajstić information content (AvgIpc) is 3.70. The Hall–Kier alpha value is -4.33. The minimum absolute atomic E-state index is 0.226. The fourth-order valence-electron chi connectivity index (χ4n) is 3.99. The highest BCUT2D eigenvalue weighted by molar-refractivity contribution is 5.53. The molecule has 0 amide bonds. The van der Waals surface area contributed by atoms with Gasteiger partial charge in [-0.05, 0) is 42.5 Å². The van der Waals surface area contributed by atoms with Crippen molar-refractivity contribution in [1.82, 2.24) is 20.0 Å². The van der Waals surface area contributed by atoms with Crippen LogP contribution in [0, 0.1) is 0 Å². The molecular weight excluding hydrogens is 454 g/mol. The molecule has 1 aliphatic rings. The maximum absolute atomic E-state index is 5.72. The standard InChI is InChI=1S/C28H29N5O3/c1-2-7-23(8-3-1)16-24(27-20-34-21-36-27)17-28-31-26(19-35-28)18-29-25-11-9-22(10-12-25)6-4-5-14-33-15-13-30-32-33/h1-3,7-13,15,17,19-20,29H,4-6,14,16,18,21H2. The number of unbranched alkanes of at least 4 members (excludes halogenated alkanes) is 1. The molecule has 0 aliphatic carbocycles. The number of allylic oxidation sites excluding steroid dienone is 1. The van der Waals surface area contributed by atoms with Gasteiger partial charge in [-0.3, -0.25) is 4.68 Å². The van der Waals surface area contributed by atoms with Gasteiger partial charge < -0.3 is 19.2 Å². The number of hydrogen-bond acceptors (Lipinski definition) is 7. The van der Waals surface area contributed by atoms with Crippen molar-refractivity contribution in [3.63, 3.8) is 0 Å². The van der Waals surface area contributed by atoms with Gasteiger partial charge in [-0.1, -0.05) is 47.7 Å². The lowest BCUT2D eigenvalue weighted by molar-refractivity contribution is 0.0830. The van der Waals surface area contributed by atoms with E-state index in [-0.39, 0.29) is 6.79 Å². The van der Waals surface area contributed by atoms with E-state index >= 15 is 0 Å². The molecule has 36 heavy (non-hydrogen) atoms. The first-order chi connectivity index (χ1) is 17.8. The summed E-state index contributed by atoms with van der Waals surface area (Å²) in [4.78, 5) is 4.63. The first-order valence-corrected chi connectivity index (χ1v) is 12.1. The summed E-state index contributed by atoms with van der Waals surface area (Å²) in [6.45, 7) is 1.70. The highest BCUT2D eigenvalue weighted by atomic mass is 16.7. The molecule has 8 heteroatoms. The van der Waals surface area contributed by atoms with Crippen LogP contribution in [-0.2, 0) is 35.4 Å². The van der Waals surface area contributed by atoms with Crippen molar-refractivity contribution in [2.75, 3.05) is 12.1 Å². The predicted octanol–water partition coefficient (Wildman–Crippen LogP) is 5.37. The molecule has 2 aromatic heterocycles. The molecule has 0 saturated carbocycles. The van der Waals surface area contributed by atoms with Crippen LogP contribution in [-0.4, -0.2) is 26.8 Å². The van der Waals surface area contributed by atoms with Crippen LogP contribution in [0.25, 0.3) is 6.08 Å². The lowest BCUT2D eigenvalue weighted by Gasteiger charge is -2.07. The Morgan fingerprint density at radius 1 is 1.03 bits per heavy atom. The number of aryl methyl sites for hydroxylation is 2. The second-order valence-electron chi connectivity index (χ2n) is 8.59. The summed E-state index contributed by atoms with van der Waals surface area (Å²) in [6.07, 6.45) is 12.8. The van der Waals surface area contributed by atoms with Gasteiger partial charge in [0.05, 0.1) is 18.4 Å². The molecule has 8 nitrogen and oxygen atoms in total. The topological polar surface area (TPSA) is 87.2 Å². The van der Waals surface area contributed by atoms with Crippen LogP contribution in [0.2, 0.25) is 0 Å². The van der Waals surface area contributed by atoms with E-state index < -0.39 is 0 Å². The van der Waals surface area contributed by atoms with Gasteiger partial charge in [-0.25, -0.2) is 4.98 Å². The Balaban J connectivity index is 1.13. The van der Waals surface area contributed by atoms with E-state index in [1.807, 2.05) is 35.2 Å². The molecule has 0 fully saturated rings. The van der Waals surface area contributed by atoms with E-state index in [2.05, 4.69) is 57.0 Å². The monoisotopic (exact) mass is 483 g/mol. The van der Waals surface area contributed by atoms with Crippen molar-refractivity contribution in [3.05, 3.63) is 114 Å². The van der Waals surface area contributed by atoms with Gasteiger partial charge in [0, 0.05) is 36.5 Å². The molecule has 184 valence electrons. The van der Waals surface area contributed by atoms with Gasteiger partial charge >= 0.3 is 0 Å². The van der Waals surface area contributed by atoms with Gasteiger partial charge in [0.1, 0.15) is 12.5 Å². The SMILES string of the molecule is C(=C(Cc1ccccc1)C1=COCO1)c1nc(CNc2ccc(CCCCn3ccnn3)cc2)co1. The van der Waals surface area contributed by atoms with Crippen LogP contribution in [0.1, 0.15) is 35.6 Å². The summed E-state index contributed by atoms with van der Waals surface area (Å²) in [5.74, 6) is 1.24. The second-order valence-corrected chi connectivity index (χ2v) is 8.59. The lowest BCUT2D eigenvalue weighted by Crippen LogP contribution is -2.01. The molecule has 3 heterocycles. The zero-order chi connectivity index (χ0) is 24.4. The largest absolute Gasteiger partial charge is 0.461 e. The molecule has 0 unspecified atom stereocenters. The molecule has 5 rings (SSSR count). The maximum atomic E-state index is 5.72. The van der Waals surface area contributed by atoms with Crippen LogP contribution in [0.3, 0.4) is 0 Å². The Morgan fingerprint density at radius 2 is 1.92 bits per heavy atom. The fraction of sp³-hybridized carbons (Fsp3) is 0.250. The predicted molar refractivity (Wildman–Crippen MR) is 136 cm³/mol. The number of rotatable bonds is 12. The number of nitrogens with zero attached hydrogens (tertiary/aromatic N) is 4. The molecular formula is C28H29N5O3. The third-order valence-corrected chi connectivity index (χ3v) is 5.90. The molecule has 0 bridgehead atoms. The number of oxazole rings is 1. The number of anilines is 1. The third-order valence-electron chi connectivity index (χ3n) is 5.90. The maximum Gasteiger partial charge on any atom is 0.230 e. The summed E-state index contributed by atoms with van der Waals surface area (Å²) in [5, 5.41) is 11.3. The Labute approximate surface area is 210 Å². The number of hydrogen-bond donors (Lipinski definition) is 1. The third kappa shape index (κ3) is 6.63. The van der Waals surface area contributed by atoms with E-state index in [4.69, 9.17) is 13.9 Å². The van der Waals surface area contributed by atoms with E-state index in [1.165, 1.54) is 11.1 Å². The van der Waals surface area contributed by atoms with Gasteiger partial charge in [-0.15, -0.1) is 5.10 Å². The van der Waals surface area contributed by atoms with Crippen molar-refractivity contribution < 1.29 is 13.9 Å². The average molecular weight is 484 g/mol. The first kappa shape index (κ1) is 23.4. The summed E-state index contributed by atoms with van der Waals surface area (Å²) < 4.78 is 18.5. The minimum Gasteiger partial charge on any atom is -0.461 e. The molecule has 4 aromatic rings. The highest BCUT2D eigenvalue weighted by Gasteiger charge is 2.15. The molecule has 1 N–H and O–H groups in total. The summed E-state index contributed by atoms with van der Waals surface area (Å²) in [7, 11) is 0. The quantitative estimate of drug-likeness (QED) is 0.271. The Kier molecular flexibility index (Phi) is 7.73. The van der Waals surface area contributed by atoms with E-state index in [1.54, 1.807) is 18.7 Å². The van der Waals surface area contributed by atoms with Gasteiger partial charge in [0.2, 0.25) is 12.7 Å². The Bertz CT molecular complexity index is 1280. The zero-order valence-corrected chi connectivity index (χ0v) is 20.0. The highest BCUT2D eigenvalue weighted by Crippen LogP contribution is 2.24. The molecule has 0 radical (unpaired) electrons. The minimum atomic E-state index is 0.226. The number of nitrogens with one attached hydrogen (secondary N) is 1. The van der Waals surface area contributed by atoms with Crippen LogP contribution in [0.15, 0.2) is 95.3 Å². The van der Waals surface area contributed by atoms with Crippen molar-refractivity contribution in [1.29, 1.82) is 0 Å². The van der Waals surface area contributed by atoms with Crippen LogP contribution in [0.4, 0.5) is 5.69 Å². The molecule has 2 aromatic carbocycles. The van der Waals surface area contributed by atoms with Crippen molar-refractivity contribution in [3.8, 4) is 0 Å². The summed E-state index contributed by atoms with van der Waals surface area (Å²) in [5.41, 5.74) is 5.33. The second kappa shape index (κ2) is 11.9. The normalized spacial score (nSPS) is 13.2. The molecule has 1 aliphatic heterocycles. The molecule has 0 atom stereocenters. The summed E-state index contributed by atoms with van der Waals surface area (Å²) in [6, 6.07) is 18.8. The van der Waals surface area contributed by atoms with Crippen molar-refractivity contribution in [2.24, 2.45) is 0 Å². The van der Waals surface area contributed by atoms with E-state index in [0.717, 1.165) is 42.8 Å². The van der Waals surface area contributed by atoms with Crippen LogP contribution < -0.4 is 5.32 Å². The lowest BCUT2D eigenvalue weighted by atomic mass is 10.0. The number of benzene rings is 2. The smallest absolute Gasteiger partial charge is 0.230 e. The number of ether oxygens (including phenoxy) is 2. The zero-order valence-electron chi connectivity index (χ0n) is 20.0. The Morgan fingerprint density at radius 3 is 2.69 bits per heavy atom. The van der Waals surface area contributed by atoms with Crippen molar-refractivity contribution in [2.45, 2.75) is 38.8 Å². The van der Waals surface area contributed by atoms with Crippen molar-refractivity contribution >= 4 is 11.8 Å². The first-order valence-electron chi connectivity index (χ1n) is 12.1. The fourth-order valence-corrected chi connectivity index (χ4v) is 3.99. The molecule has 0 spiro atoms. The van der Waals surface area contributed by atoms with E-state index in [0.29, 0.717) is 24.6 Å². The summed E-state index contributed by atoms with van der Waals surface area (Å²) >= 11 is 0. The van der Waals surface area contributed by atoms with E-state index in [9.17, 15) is 0 Å². The number of aromatic nitrogens is 4. The van der Waals surface area contributed by atoms with Gasteiger partial charge in [-0.2, -0.15) is 0 Å². The van der Waals surface area contributed by atoms with Crippen LogP contribution in [0.5, 0.6) is 0 Å². The van der Waals surface area contributed by atoms with Gasteiger partial charge in [0.25, 0.3) is 0 Å². The van der Waals surface area contributed by atoms with Gasteiger partial charge in [0.15, 0.2) is 5.76 Å².